The molecule has 5 heteroatoms. The Morgan fingerprint density at radius 1 is 1.53 bits per heavy atom. The Balaban J connectivity index is 2.49. The maximum absolute atomic E-state index is 11.7. The predicted octanol–water partition coefficient (Wildman–Crippen LogP) is 3.57. The van der Waals surface area contributed by atoms with Gasteiger partial charge in [-0.15, -0.1) is 0 Å². The van der Waals surface area contributed by atoms with E-state index in [1.54, 1.807) is 11.0 Å². The van der Waals surface area contributed by atoms with Crippen LogP contribution in [0.5, 0.6) is 0 Å². The van der Waals surface area contributed by atoms with E-state index in [1.165, 1.54) is 0 Å². The molecule has 0 aromatic rings. The summed E-state index contributed by atoms with van der Waals surface area (Å²) in [6, 6.07) is 0. The van der Waals surface area contributed by atoms with E-state index in [9.17, 15) is 4.79 Å². The van der Waals surface area contributed by atoms with Crippen LogP contribution in [0, 0.1) is 6.54 Å². The van der Waals surface area contributed by atoms with Crippen LogP contribution in [-0.2, 0) is 9.16 Å². The zero-order valence-corrected chi connectivity index (χ0v) is 13.7. The minimum atomic E-state index is -1.77. The predicted molar refractivity (Wildman–Crippen MR) is 79.2 cm³/mol. The number of hydrogen-bond donors (Lipinski definition) is 0. The molecule has 1 rings (SSSR count). The van der Waals surface area contributed by atoms with Crippen LogP contribution in [-0.4, -0.2) is 38.6 Å². The molecule has 0 aromatic heterocycles. The number of carbonyl (C=O) groups excluding carboxylic acids is 1. The quantitative estimate of drug-likeness (QED) is 0.585. The van der Waals surface area contributed by atoms with Gasteiger partial charge in [0.2, 0.25) is 0 Å². The van der Waals surface area contributed by atoms with Crippen LogP contribution in [0.25, 0.3) is 0 Å². The second-order valence-electron chi connectivity index (χ2n) is 6.44. The van der Waals surface area contributed by atoms with Crippen molar-refractivity contribution in [3.8, 4) is 0 Å². The smallest absolute Gasteiger partial charge is 0.410 e. The summed E-state index contributed by atoms with van der Waals surface area (Å²) in [5.41, 5.74) is 0. The number of ether oxygens (including phenoxy) is 1. The average molecular weight is 284 g/mol. The molecule has 0 N–H and O–H groups in total. The normalized spacial score (nSPS) is 20.5. The monoisotopic (exact) mass is 284 g/mol. The van der Waals surface area contributed by atoms with Crippen LogP contribution in [0.2, 0.25) is 18.1 Å². The van der Waals surface area contributed by atoms with Crippen molar-refractivity contribution in [2.24, 2.45) is 0 Å². The van der Waals surface area contributed by atoms with Crippen molar-refractivity contribution < 1.29 is 14.0 Å². The van der Waals surface area contributed by atoms with Gasteiger partial charge in [-0.05, 0) is 24.6 Å². The summed E-state index contributed by atoms with van der Waals surface area (Å²) in [5, 5.41) is 0.184. The van der Waals surface area contributed by atoms with Gasteiger partial charge < -0.3 is 14.1 Å². The van der Waals surface area contributed by atoms with Gasteiger partial charge in [-0.25, -0.2) is 4.79 Å². The van der Waals surface area contributed by atoms with Crippen molar-refractivity contribution in [3.05, 3.63) is 19.2 Å². The maximum Gasteiger partial charge on any atom is 0.410 e. The zero-order valence-electron chi connectivity index (χ0n) is 12.7. The zero-order chi connectivity index (χ0) is 14.7. The first-order valence-corrected chi connectivity index (χ1v) is 9.63. The lowest BCUT2D eigenvalue weighted by Gasteiger charge is -2.38. The number of amides is 1. The molecule has 1 radical (unpaired) electrons. The largest absolute Gasteiger partial charge is 0.445 e. The molecule has 109 valence electrons. The van der Waals surface area contributed by atoms with Crippen LogP contribution < -0.4 is 0 Å². The van der Waals surface area contributed by atoms with Crippen molar-refractivity contribution in [1.82, 2.24) is 4.90 Å². The fourth-order valence-corrected chi connectivity index (χ4v) is 3.01. The molecule has 4 nitrogen and oxygen atoms in total. The number of rotatable bonds is 4. The van der Waals surface area contributed by atoms with Crippen LogP contribution in [0.3, 0.4) is 0 Å². The number of nitrogens with zero attached hydrogens (tertiary/aromatic N) is 1. The van der Waals surface area contributed by atoms with Crippen LogP contribution in [0.1, 0.15) is 27.2 Å². The third kappa shape index (κ3) is 4.35. The molecule has 1 unspecified atom stereocenters. The number of carbonyl (C=O) groups is 1. The summed E-state index contributed by atoms with van der Waals surface area (Å²) in [7, 11) is -1.77. The minimum absolute atomic E-state index is 0.0946. The molecular weight excluding hydrogens is 258 g/mol. The molecule has 0 spiro atoms. The molecule has 19 heavy (non-hydrogen) atoms. The lowest BCUT2D eigenvalue weighted by Crippen LogP contribution is -2.44. The Labute approximate surface area is 117 Å². The Kier molecular flexibility index (Phi) is 5.21. The second-order valence-corrected chi connectivity index (χ2v) is 11.2. The molecule has 0 aromatic carbocycles. The van der Waals surface area contributed by atoms with E-state index in [0.717, 1.165) is 6.42 Å². The third-order valence-corrected chi connectivity index (χ3v) is 8.35. The van der Waals surface area contributed by atoms with Gasteiger partial charge in [0.15, 0.2) is 8.32 Å². The molecule has 1 aliphatic heterocycles. The van der Waals surface area contributed by atoms with Gasteiger partial charge >= 0.3 is 6.09 Å². The molecule has 1 aliphatic rings. The van der Waals surface area contributed by atoms with Gasteiger partial charge in [0.25, 0.3) is 0 Å². The standard InChI is InChI=1S/C14H26NO3Si/c1-7-10-17-13(16)15-9-8-12(11-15)18-19(5,6)14(2,3)4/h7,9,12H,1,8,10-11H2,2-6H3. The van der Waals surface area contributed by atoms with Crippen LogP contribution >= 0.6 is 0 Å². The Hall–Kier alpha value is -0.813. The van der Waals surface area contributed by atoms with Gasteiger partial charge in [-0.1, -0.05) is 33.4 Å². The van der Waals surface area contributed by atoms with E-state index < -0.39 is 8.32 Å². The first kappa shape index (κ1) is 16.2. The fourth-order valence-electron chi connectivity index (χ4n) is 1.65. The molecule has 0 aliphatic carbocycles. The van der Waals surface area contributed by atoms with Gasteiger partial charge in [-0.2, -0.15) is 0 Å². The van der Waals surface area contributed by atoms with E-state index >= 15 is 0 Å². The minimum Gasteiger partial charge on any atom is -0.445 e. The van der Waals surface area contributed by atoms with E-state index in [4.69, 9.17) is 9.16 Å². The highest BCUT2D eigenvalue weighted by Crippen LogP contribution is 2.38. The average Bonchev–Trinajstić information content (AvgIpc) is 2.72. The van der Waals surface area contributed by atoms with Gasteiger partial charge in [-0.3, -0.25) is 0 Å². The van der Waals surface area contributed by atoms with Gasteiger partial charge in [0.1, 0.15) is 6.61 Å². The van der Waals surface area contributed by atoms with Crippen molar-refractivity contribution in [2.75, 3.05) is 13.2 Å². The van der Waals surface area contributed by atoms with Crippen molar-refractivity contribution in [3.63, 3.8) is 0 Å². The summed E-state index contributed by atoms with van der Waals surface area (Å²) < 4.78 is 11.3. The lowest BCUT2D eigenvalue weighted by molar-refractivity contribution is 0.118. The van der Waals surface area contributed by atoms with Gasteiger partial charge in [0, 0.05) is 6.54 Å². The molecule has 1 atom stereocenters. The SMILES string of the molecule is C=CCOC(=O)N1[CH]CC(O[Si](C)(C)C(C)(C)C)C1. The van der Waals surface area contributed by atoms with E-state index in [0.29, 0.717) is 6.54 Å². The van der Waals surface area contributed by atoms with Crippen LogP contribution in [0.4, 0.5) is 4.79 Å². The van der Waals surface area contributed by atoms with E-state index in [2.05, 4.69) is 40.4 Å². The lowest BCUT2D eigenvalue weighted by atomic mass is 10.2. The maximum atomic E-state index is 11.7. The Bertz CT molecular complexity index is 336. The highest BCUT2D eigenvalue weighted by atomic mass is 28.4. The third-order valence-electron chi connectivity index (χ3n) is 3.82. The molecule has 1 heterocycles. The molecule has 1 saturated heterocycles. The van der Waals surface area contributed by atoms with Gasteiger partial charge in [0.05, 0.1) is 12.6 Å². The van der Waals surface area contributed by atoms with Crippen molar-refractivity contribution in [1.29, 1.82) is 0 Å². The topological polar surface area (TPSA) is 38.8 Å². The summed E-state index contributed by atoms with van der Waals surface area (Å²) >= 11 is 0. The van der Waals surface area contributed by atoms with Crippen molar-refractivity contribution in [2.45, 2.75) is 51.4 Å². The summed E-state index contributed by atoms with van der Waals surface area (Å²) in [6.45, 7) is 17.3. The highest BCUT2D eigenvalue weighted by molar-refractivity contribution is 6.74. The number of likely N-dealkylation sites (tertiary alicyclic amines) is 1. The first-order valence-electron chi connectivity index (χ1n) is 6.73. The first-order chi connectivity index (χ1) is 8.67. The molecule has 0 bridgehead atoms. The van der Waals surface area contributed by atoms with E-state index in [-0.39, 0.29) is 23.8 Å². The molecule has 0 saturated carbocycles. The summed E-state index contributed by atoms with van der Waals surface area (Å²) in [5.74, 6) is 0. The second kappa shape index (κ2) is 6.09. The summed E-state index contributed by atoms with van der Waals surface area (Å²) in [4.78, 5) is 13.3. The van der Waals surface area contributed by atoms with Crippen LogP contribution in [0.15, 0.2) is 12.7 Å². The number of hydrogen-bond acceptors (Lipinski definition) is 3. The Morgan fingerprint density at radius 3 is 2.68 bits per heavy atom. The van der Waals surface area contributed by atoms with Crippen molar-refractivity contribution >= 4 is 14.4 Å². The fraction of sp³-hybridized carbons (Fsp3) is 0.714. The molecule has 1 fully saturated rings. The van der Waals surface area contributed by atoms with E-state index in [1.807, 2.05) is 6.54 Å². The molecule has 1 amide bonds. The summed E-state index contributed by atoms with van der Waals surface area (Å²) in [6.07, 6.45) is 2.12. The highest BCUT2D eigenvalue weighted by Gasteiger charge is 2.41. The molecular formula is C14H26NO3Si. The Morgan fingerprint density at radius 2 is 2.16 bits per heavy atom.